The Labute approximate surface area is 221 Å². The first kappa shape index (κ1) is 21.2. The maximum absolute atomic E-state index is 2.41. The zero-order valence-corrected chi connectivity index (χ0v) is 20.9. The first-order chi connectivity index (χ1) is 18.8. The minimum atomic E-state index is 1.26. The second-order valence-electron chi connectivity index (χ2n) is 10.2. The molecule has 0 unspecified atom stereocenters. The van der Waals surface area contributed by atoms with Gasteiger partial charge in [0.15, 0.2) is 0 Å². The monoisotopic (exact) mass is 480 g/mol. The summed E-state index contributed by atoms with van der Waals surface area (Å²) in [4.78, 5) is 0. The fourth-order valence-electron chi connectivity index (χ4n) is 6.18. The van der Waals surface area contributed by atoms with Crippen molar-refractivity contribution in [2.45, 2.75) is 0 Å². The quantitative estimate of drug-likeness (QED) is 0.216. The standard InChI is InChI=1S/C38H24/c1-2-12-28-22-31-24-37-29(23-30(31)21-27(28)11-1)19-20-36(34-17-7-13-25-9-3-5-15-32(25)34)38(37)35-18-8-14-26-10-4-6-16-33(26)35/h1-24H. The van der Waals surface area contributed by atoms with Crippen molar-refractivity contribution in [2.75, 3.05) is 0 Å². The van der Waals surface area contributed by atoms with Crippen LogP contribution in [-0.4, -0.2) is 0 Å². The Bertz CT molecular complexity index is 2170. The summed E-state index contributed by atoms with van der Waals surface area (Å²) in [5.41, 5.74) is 5.11. The van der Waals surface area contributed by atoms with Gasteiger partial charge in [-0.2, -0.15) is 0 Å². The van der Waals surface area contributed by atoms with E-state index in [1.807, 2.05) is 0 Å². The lowest BCUT2D eigenvalue weighted by Crippen LogP contribution is -1.91. The maximum atomic E-state index is 2.41. The van der Waals surface area contributed by atoms with E-state index in [9.17, 15) is 0 Å². The third-order valence-electron chi connectivity index (χ3n) is 7.98. The Morgan fingerprint density at radius 2 is 0.737 bits per heavy atom. The van der Waals surface area contributed by atoms with Gasteiger partial charge in [0.25, 0.3) is 0 Å². The van der Waals surface area contributed by atoms with Gasteiger partial charge in [0.1, 0.15) is 0 Å². The van der Waals surface area contributed by atoms with E-state index in [1.54, 1.807) is 0 Å². The van der Waals surface area contributed by atoms with Crippen LogP contribution in [-0.2, 0) is 0 Å². The average Bonchev–Trinajstić information content (AvgIpc) is 2.98. The molecule has 0 bridgehead atoms. The normalized spacial score (nSPS) is 11.7. The van der Waals surface area contributed by atoms with Gasteiger partial charge in [0.2, 0.25) is 0 Å². The highest BCUT2D eigenvalue weighted by molar-refractivity contribution is 6.16. The SMILES string of the molecule is c1ccc2cc3cc4c(-c5cccc6ccccc56)c(-c5cccc6ccccc56)ccc4cc3cc2c1. The summed E-state index contributed by atoms with van der Waals surface area (Å²) >= 11 is 0. The molecule has 8 aromatic rings. The van der Waals surface area contributed by atoms with Gasteiger partial charge in [-0.25, -0.2) is 0 Å². The molecule has 0 heterocycles. The van der Waals surface area contributed by atoms with Crippen LogP contribution in [0.15, 0.2) is 146 Å². The molecular formula is C38H24. The lowest BCUT2D eigenvalue weighted by atomic mass is 9.85. The summed E-state index contributed by atoms with van der Waals surface area (Å²) in [7, 11) is 0. The second-order valence-corrected chi connectivity index (χ2v) is 10.2. The highest BCUT2D eigenvalue weighted by Gasteiger charge is 2.17. The van der Waals surface area contributed by atoms with E-state index in [-0.39, 0.29) is 0 Å². The van der Waals surface area contributed by atoms with Crippen LogP contribution in [0.2, 0.25) is 0 Å². The summed E-state index contributed by atoms with van der Waals surface area (Å²) in [6.07, 6.45) is 0. The summed E-state index contributed by atoms with van der Waals surface area (Å²) in [5, 5.41) is 12.7. The molecule has 176 valence electrons. The number of benzene rings is 8. The zero-order chi connectivity index (χ0) is 25.1. The minimum Gasteiger partial charge on any atom is -0.0616 e. The van der Waals surface area contributed by atoms with Gasteiger partial charge in [0.05, 0.1) is 0 Å². The Kier molecular flexibility index (Phi) is 4.62. The number of hydrogen-bond donors (Lipinski definition) is 0. The van der Waals surface area contributed by atoms with Gasteiger partial charge in [-0.3, -0.25) is 0 Å². The van der Waals surface area contributed by atoms with E-state index >= 15 is 0 Å². The molecule has 0 atom stereocenters. The first-order valence-electron chi connectivity index (χ1n) is 13.2. The van der Waals surface area contributed by atoms with Crippen LogP contribution in [0.1, 0.15) is 0 Å². The molecule has 0 amide bonds. The fourth-order valence-corrected chi connectivity index (χ4v) is 6.18. The number of hydrogen-bond acceptors (Lipinski definition) is 0. The van der Waals surface area contributed by atoms with Crippen LogP contribution >= 0.6 is 0 Å². The third-order valence-corrected chi connectivity index (χ3v) is 7.98. The van der Waals surface area contributed by atoms with Crippen molar-refractivity contribution >= 4 is 53.9 Å². The van der Waals surface area contributed by atoms with Crippen molar-refractivity contribution in [1.29, 1.82) is 0 Å². The Morgan fingerprint density at radius 1 is 0.237 bits per heavy atom. The van der Waals surface area contributed by atoms with E-state index in [0.29, 0.717) is 0 Å². The van der Waals surface area contributed by atoms with E-state index < -0.39 is 0 Å². The van der Waals surface area contributed by atoms with E-state index in [0.717, 1.165) is 0 Å². The van der Waals surface area contributed by atoms with Crippen LogP contribution in [0, 0.1) is 0 Å². The van der Waals surface area contributed by atoms with Crippen LogP contribution in [0.3, 0.4) is 0 Å². The van der Waals surface area contributed by atoms with Gasteiger partial charge < -0.3 is 0 Å². The number of fused-ring (bicyclic) bond motifs is 5. The Balaban J connectivity index is 1.54. The lowest BCUT2D eigenvalue weighted by molar-refractivity contribution is 1.66. The van der Waals surface area contributed by atoms with Crippen molar-refractivity contribution in [1.82, 2.24) is 0 Å². The average molecular weight is 481 g/mol. The molecule has 0 saturated carbocycles. The molecule has 0 spiro atoms. The Hall–Kier alpha value is -4.94. The molecule has 0 saturated heterocycles. The van der Waals surface area contributed by atoms with E-state index in [2.05, 4.69) is 146 Å². The number of rotatable bonds is 2. The molecule has 0 nitrogen and oxygen atoms in total. The third kappa shape index (κ3) is 3.24. The first-order valence-corrected chi connectivity index (χ1v) is 13.2. The van der Waals surface area contributed by atoms with Crippen LogP contribution in [0.25, 0.3) is 76.1 Å². The molecule has 0 aliphatic heterocycles. The van der Waals surface area contributed by atoms with Crippen LogP contribution in [0.4, 0.5) is 0 Å². The summed E-state index contributed by atoms with van der Waals surface area (Å²) in [5.74, 6) is 0. The van der Waals surface area contributed by atoms with E-state index in [1.165, 1.54) is 76.1 Å². The largest absolute Gasteiger partial charge is 0.0616 e. The van der Waals surface area contributed by atoms with Crippen molar-refractivity contribution in [3.05, 3.63) is 146 Å². The van der Waals surface area contributed by atoms with Crippen LogP contribution < -0.4 is 0 Å². The minimum absolute atomic E-state index is 1.26. The molecule has 0 aliphatic rings. The molecule has 0 aliphatic carbocycles. The molecule has 0 N–H and O–H groups in total. The molecule has 0 fully saturated rings. The molecule has 0 radical (unpaired) electrons. The van der Waals surface area contributed by atoms with Gasteiger partial charge >= 0.3 is 0 Å². The fraction of sp³-hybridized carbons (Fsp3) is 0. The highest BCUT2D eigenvalue weighted by Crippen LogP contribution is 2.44. The van der Waals surface area contributed by atoms with Crippen LogP contribution in [0.5, 0.6) is 0 Å². The maximum Gasteiger partial charge on any atom is -0.00201 e. The second kappa shape index (κ2) is 8.30. The molecule has 0 aromatic heterocycles. The smallest absolute Gasteiger partial charge is 0.00201 e. The molecule has 8 rings (SSSR count). The molecule has 38 heavy (non-hydrogen) atoms. The lowest BCUT2D eigenvalue weighted by Gasteiger charge is -2.18. The predicted molar refractivity (Wildman–Crippen MR) is 165 cm³/mol. The molecular weight excluding hydrogens is 456 g/mol. The van der Waals surface area contributed by atoms with Gasteiger partial charge in [-0.15, -0.1) is 0 Å². The topological polar surface area (TPSA) is 0 Å². The van der Waals surface area contributed by atoms with Gasteiger partial charge in [-0.1, -0.05) is 121 Å². The van der Waals surface area contributed by atoms with Crippen molar-refractivity contribution in [3.63, 3.8) is 0 Å². The predicted octanol–water partition coefficient (Wildman–Crippen LogP) is 10.8. The summed E-state index contributed by atoms with van der Waals surface area (Å²) in [6.45, 7) is 0. The zero-order valence-electron chi connectivity index (χ0n) is 20.9. The van der Waals surface area contributed by atoms with Gasteiger partial charge in [0, 0.05) is 0 Å². The summed E-state index contributed by atoms with van der Waals surface area (Å²) in [6, 6.07) is 53.5. The Morgan fingerprint density at radius 3 is 1.42 bits per heavy atom. The van der Waals surface area contributed by atoms with Crippen molar-refractivity contribution in [2.24, 2.45) is 0 Å². The van der Waals surface area contributed by atoms with E-state index in [4.69, 9.17) is 0 Å². The van der Waals surface area contributed by atoms with Crippen molar-refractivity contribution in [3.8, 4) is 22.3 Å². The molecule has 0 heteroatoms. The van der Waals surface area contributed by atoms with Gasteiger partial charge in [-0.05, 0) is 100 Å². The van der Waals surface area contributed by atoms with Crippen molar-refractivity contribution < 1.29 is 0 Å². The highest BCUT2D eigenvalue weighted by atomic mass is 14.2. The summed E-state index contributed by atoms with van der Waals surface area (Å²) < 4.78 is 0. The molecule has 8 aromatic carbocycles.